The Bertz CT molecular complexity index is 302. The Labute approximate surface area is 97.1 Å². The zero-order valence-corrected chi connectivity index (χ0v) is 10.7. The minimum absolute atomic E-state index is 1.07. The number of hydrogen-bond donors (Lipinski definition) is 0. The molecule has 7 heteroatoms. The second kappa shape index (κ2) is 6.17. The molecule has 1 rings (SSSR count). The van der Waals surface area contributed by atoms with Gasteiger partial charge in [0.05, 0.1) is 13.1 Å². The minimum atomic E-state index is -4.94. The fourth-order valence-electron chi connectivity index (χ4n) is 1.39. The molecule has 0 aliphatic rings. The maximum absolute atomic E-state index is 8.49. The summed E-state index contributed by atoms with van der Waals surface area (Å²) in [7, 11) is -4.94. The van der Waals surface area contributed by atoms with E-state index in [0.717, 1.165) is 13.1 Å². The molecule has 0 amide bonds. The van der Waals surface area contributed by atoms with Crippen LogP contribution in [-0.2, 0) is 13.1 Å². The van der Waals surface area contributed by atoms with Gasteiger partial charge in [-0.25, -0.2) is 27.8 Å². The van der Waals surface area contributed by atoms with Crippen molar-refractivity contribution in [3.63, 3.8) is 0 Å². The number of imidazole rings is 1. The quantitative estimate of drug-likeness (QED) is 0.514. The molecule has 0 aliphatic heterocycles. The molecule has 0 aromatic carbocycles. The number of hydrogen-bond acceptors (Lipinski definition) is 4. The van der Waals surface area contributed by atoms with Gasteiger partial charge < -0.3 is 0 Å². The van der Waals surface area contributed by atoms with Crippen LogP contribution in [0.3, 0.4) is 0 Å². The van der Waals surface area contributed by atoms with Crippen LogP contribution in [0.2, 0.25) is 0 Å². The van der Waals surface area contributed by atoms with Gasteiger partial charge in [0, 0.05) is 13.8 Å². The lowest BCUT2D eigenvalue weighted by Crippen LogP contribution is -2.68. The Morgan fingerprint density at radius 1 is 1.19 bits per heavy atom. The van der Waals surface area contributed by atoms with Crippen molar-refractivity contribution in [1.29, 1.82) is 0 Å². The molecule has 0 spiro atoms. The van der Waals surface area contributed by atoms with Gasteiger partial charge >= 0.3 is 0 Å². The van der Waals surface area contributed by atoms with Gasteiger partial charge in [0.1, 0.15) is 11.4 Å². The van der Waals surface area contributed by atoms with Crippen LogP contribution in [0.1, 0.15) is 25.2 Å². The number of aromatic nitrogens is 2. The fourth-order valence-corrected chi connectivity index (χ4v) is 1.39. The molecule has 94 valence electrons. The first-order valence-electron chi connectivity index (χ1n) is 4.88. The second-order valence-electron chi connectivity index (χ2n) is 3.24. The van der Waals surface area contributed by atoms with E-state index in [4.69, 9.17) is 18.6 Å². The lowest BCUT2D eigenvalue weighted by atomic mass is 10.3. The van der Waals surface area contributed by atoms with Crippen LogP contribution in [0.15, 0.2) is 6.33 Å². The Balaban J connectivity index is 0.000000385. The summed E-state index contributed by atoms with van der Waals surface area (Å²) in [6, 6.07) is 0. The van der Waals surface area contributed by atoms with Crippen LogP contribution >= 0.6 is 0 Å². The molecular weight excluding hydrogens is 236 g/mol. The normalized spacial score (nSPS) is 11.0. The lowest BCUT2D eigenvalue weighted by Gasteiger charge is -2.17. The van der Waals surface area contributed by atoms with E-state index in [1.54, 1.807) is 0 Å². The van der Waals surface area contributed by atoms with Crippen LogP contribution < -0.4 is 23.2 Å². The number of rotatable bonds is 2. The highest BCUT2D eigenvalue weighted by Gasteiger charge is 2.12. The van der Waals surface area contributed by atoms with E-state index < -0.39 is 10.2 Å². The molecule has 0 aliphatic carbocycles. The van der Waals surface area contributed by atoms with E-state index in [2.05, 4.69) is 43.2 Å². The number of aryl methyl sites for hydroxylation is 2. The summed E-state index contributed by atoms with van der Waals surface area (Å²) in [6.45, 7) is 10.8. The number of halogens is 1. The van der Waals surface area contributed by atoms with Crippen LogP contribution in [0.25, 0.3) is 0 Å². The highest BCUT2D eigenvalue weighted by molar-refractivity contribution is 5.02. The van der Waals surface area contributed by atoms with Crippen molar-refractivity contribution in [1.82, 2.24) is 4.57 Å². The third kappa shape index (κ3) is 5.43. The zero-order valence-electron chi connectivity index (χ0n) is 9.90. The highest BCUT2D eigenvalue weighted by Crippen LogP contribution is 2.01. The third-order valence-electron chi connectivity index (χ3n) is 2.35. The van der Waals surface area contributed by atoms with Crippen molar-refractivity contribution in [2.75, 3.05) is 0 Å². The summed E-state index contributed by atoms with van der Waals surface area (Å²) >= 11 is 0. The summed E-state index contributed by atoms with van der Waals surface area (Å²) in [5.41, 5.74) is 2.77. The van der Waals surface area contributed by atoms with Gasteiger partial charge in [-0.05, 0) is 13.8 Å². The molecule has 16 heavy (non-hydrogen) atoms. The van der Waals surface area contributed by atoms with Crippen molar-refractivity contribution < 1.29 is 33.4 Å². The van der Waals surface area contributed by atoms with Crippen LogP contribution in [0, 0.1) is 24.1 Å². The largest absolute Gasteiger partial charge is 0.244 e. The molecule has 1 aromatic rings. The average molecular weight is 253 g/mol. The van der Waals surface area contributed by atoms with E-state index in [1.807, 2.05) is 0 Å². The van der Waals surface area contributed by atoms with Crippen molar-refractivity contribution in [3.8, 4) is 0 Å². The van der Waals surface area contributed by atoms with Gasteiger partial charge in [0.2, 0.25) is 6.33 Å². The molecule has 0 saturated heterocycles. The van der Waals surface area contributed by atoms with Gasteiger partial charge in [-0.1, -0.05) is 0 Å². The zero-order chi connectivity index (χ0) is 12.9. The van der Waals surface area contributed by atoms with E-state index in [1.165, 1.54) is 11.4 Å². The van der Waals surface area contributed by atoms with Gasteiger partial charge in [-0.3, -0.25) is 0 Å². The van der Waals surface area contributed by atoms with E-state index in [0.29, 0.717) is 0 Å². The lowest BCUT2D eigenvalue weighted by molar-refractivity contribution is -2.00. The first-order chi connectivity index (χ1) is 7.20. The van der Waals surface area contributed by atoms with Crippen LogP contribution in [0.5, 0.6) is 0 Å². The van der Waals surface area contributed by atoms with Gasteiger partial charge in [0.15, 0.2) is 0 Å². The Morgan fingerprint density at radius 2 is 1.62 bits per heavy atom. The molecular formula is C9H17ClN2O4. The standard InChI is InChI=1S/C9H17N2.ClHO4/c1-5-10-7-11(6-2)9(4)8(10)3;2-1(3,4)5/h7H,5-6H2,1-4H3;(H,2,3,4,5)/q+1;/p-1. The Kier molecular flexibility index (Phi) is 5.91. The molecule has 0 radical (unpaired) electrons. The van der Waals surface area contributed by atoms with E-state index >= 15 is 0 Å². The maximum atomic E-state index is 8.49. The summed E-state index contributed by atoms with van der Waals surface area (Å²) < 4.78 is 38.5. The summed E-state index contributed by atoms with van der Waals surface area (Å²) in [6.07, 6.45) is 2.19. The van der Waals surface area contributed by atoms with Crippen LogP contribution in [-0.4, -0.2) is 4.57 Å². The van der Waals surface area contributed by atoms with Gasteiger partial charge in [-0.2, -0.15) is 0 Å². The van der Waals surface area contributed by atoms with Crippen molar-refractivity contribution in [2.45, 2.75) is 40.8 Å². The van der Waals surface area contributed by atoms with E-state index in [-0.39, 0.29) is 0 Å². The van der Waals surface area contributed by atoms with Gasteiger partial charge in [0.25, 0.3) is 0 Å². The predicted molar refractivity (Wildman–Crippen MR) is 45.4 cm³/mol. The molecule has 0 bridgehead atoms. The van der Waals surface area contributed by atoms with Crippen molar-refractivity contribution >= 4 is 0 Å². The molecule has 0 unspecified atom stereocenters. The predicted octanol–water partition coefficient (Wildman–Crippen LogP) is -3.32. The molecule has 0 atom stereocenters. The first-order valence-corrected chi connectivity index (χ1v) is 6.11. The molecule has 0 N–H and O–H groups in total. The number of nitrogens with zero attached hydrogens (tertiary/aromatic N) is 2. The smallest absolute Gasteiger partial charge is 0.234 e. The van der Waals surface area contributed by atoms with E-state index in [9.17, 15) is 0 Å². The highest BCUT2D eigenvalue weighted by atomic mass is 35.7. The molecule has 1 aromatic heterocycles. The summed E-state index contributed by atoms with van der Waals surface area (Å²) in [5, 5.41) is 0. The molecule has 0 fully saturated rings. The first kappa shape index (κ1) is 15.3. The maximum Gasteiger partial charge on any atom is 0.244 e. The topological polar surface area (TPSA) is 101 Å². The summed E-state index contributed by atoms with van der Waals surface area (Å²) in [5.74, 6) is 0. The Hall–Kier alpha value is -0.660. The average Bonchev–Trinajstić information content (AvgIpc) is 2.41. The molecule has 1 heterocycles. The monoisotopic (exact) mass is 252 g/mol. The summed E-state index contributed by atoms with van der Waals surface area (Å²) in [4.78, 5) is 0. The van der Waals surface area contributed by atoms with Gasteiger partial charge in [-0.15, -0.1) is 10.2 Å². The fraction of sp³-hybridized carbons (Fsp3) is 0.667. The minimum Gasteiger partial charge on any atom is -0.234 e. The SMILES string of the molecule is CCn1c[n+](CC)c(C)c1C.[O-][Cl+3]([O-])([O-])[O-]. The van der Waals surface area contributed by atoms with Crippen molar-refractivity contribution in [3.05, 3.63) is 17.7 Å². The van der Waals surface area contributed by atoms with Crippen LogP contribution in [0.4, 0.5) is 0 Å². The molecule has 0 saturated carbocycles. The third-order valence-corrected chi connectivity index (χ3v) is 2.35. The molecule has 6 nitrogen and oxygen atoms in total. The van der Waals surface area contributed by atoms with Crippen molar-refractivity contribution in [2.24, 2.45) is 0 Å². The second-order valence-corrected chi connectivity index (χ2v) is 3.99. The Morgan fingerprint density at radius 3 is 1.81 bits per heavy atom.